The second-order valence-electron chi connectivity index (χ2n) is 6.80. The normalized spacial score (nSPS) is 10.9. The standard InChI is InChI=1S/C22H20N4O3/c1-15-6-8-16(9-7-15)21-25-17(13-29-21)10-11-23-20(27)12-26-14-24-19-5-3-2-4-18(19)22(26)28/h2-9,13-14H,10-12H2,1H3,(H,23,27). The van der Waals surface area contributed by atoms with Gasteiger partial charge in [0.15, 0.2) is 0 Å². The monoisotopic (exact) mass is 388 g/mol. The van der Waals surface area contributed by atoms with Gasteiger partial charge in [0.1, 0.15) is 12.8 Å². The molecule has 4 aromatic rings. The van der Waals surface area contributed by atoms with Gasteiger partial charge in [0.25, 0.3) is 5.56 Å². The number of hydrogen-bond donors (Lipinski definition) is 1. The number of aromatic nitrogens is 3. The molecule has 0 aliphatic carbocycles. The molecule has 0 radical (unpaired) electrons. The second kappa shape index (κ2) is 8.10. The third-order valence-electron chi connectivity index (χ3n) is 4.60. The number of nitrogens with zero attached hydrogens (tertiary/aromatic N) is 3. The van der Waals surface area contributed by atoms with Gasteiger partial charge in [-0.3, -0.25) is 14.2 Å². The van der Waals surface area contributed by atoms with Gasteiger partial charge in [-0.25, -0.2) is 9.97 Å². The van der Waals surface area contributed by atoms with E-state index in [9.17, 15) is 9.59 Å². The van der Waals surface area contributed by atoms with Crippen LogP contribution in [0.3, 0.4) is 0 Å². The van der Waals surface area contributed by atoms with Crippen LogP contribution in [0, 0.1) is 6.92 Å². The highest BCUT2D eigenvalue weighted by Crippen LogP contribution is 2.19. The van der Waals surface area contributed by atoms with Crippen LogP contribution in [0.1, 0.15) is 11.3 Å². The first-order valence-electron chi connectivity index (χ1n) is 9.32. The SMILES string of the molecule is Cc1ccc(-c2nc(CCNC(=O)Cn3cnc4ccccc4c3=O)co2)cc1. The minimum atomic E-state index is -0.258. The van der Waals surface area contributed by atoms with Gasteiger partial charge < -0.3 is 9.73 Å². The summed E-state index contributed by atoms with van der Waals surface area (Å²) in [5.41, 5.74) is 3.22. The molecule has 0 atom stereocenters. The zero-order valence-corrected chi connectivity index (χ0v) is 16.0. The minimum Gasteiger partial charge on any atom is -0.444 e. The topological polar surface area (TPSA) is 90.0 Å². The molecule has 29 heavy (non-hydrogen) atoms. The summed E-state index contributed by atoms with van der Waals surface area (Å²) in [4.78, 5) is 33.3. The highest BCUT2D eigenvalue weighted by Gasteiger charge is 2.09. The number of carbonyl (C=O) groups excluding carboxylic acids is 1. The van der Waals surface area contributed by atoms with E-state index >= 15 is 0 Å². The van der Waals surface area contributed by atoms with Crippen molar-refractivity contribution in [1.82, 2.24) is 19.9 Å². The van der Waals surface area contributed by atoms with E-state index in [4.69, 9.17) is 4.42 Å². The molecule has 146 valence electrons. The summed E-state index contributed by atoms with van der Waals surface area (Å²) in [6, 6.07) is 15.0. The molecule has 0 aliphatic rings. The molecule has 7 nitrogen and oxygen atoms in total. The zero-order valence-electron chi connectivity index (χ0n) is 16.0. The van der Waals surface area contributed by atoms with E-state index in [1.165, 1.54) is 16.5 Å². The van der Waals surface area contributed by atoms with Crippen LogP contribution in [-0.4, -0.2) is 27.0 Å². The number of benzene rings is 2. The van der Waals surface area contributed by atoms with Gasteiger partial charge in [-0.2, -0.15) is 0 Å². The molecule has 2 heterocycles. The summed E-state index contributed by atoms with van der Waals surface area (Å²) in [5.74, 6) is 0.298. The molecule has 0 unspecified atom stereocenters. The molecule has 7 heteroatoms. The van der Waals surface area contributed by atoms with Crippen LogP contribution >= 0.6 is 0 Å². The molecule has 0 spiro atoms. The Morgan fingerprint density at radius 2 is 1.93 bits per heavy atom. The summed E-state index contributed by atoms with van der Waals surface area (Å²) in [6.07, 6.45) is 3.53. The lowest BCUT2D eigenvalue weighted by Crippen LogP contribution is -2.33. The predicted octanol–water partition coefficient (Wildman–Crippen LogP) is 2.72. The van der Waals surface area contributed by atoms with Gasteiger partial charge in [-0.15, -0.1) is 0 Å². The number of amides is 1. The fourth-order valence-corrected chi connectivity index (χ4v) is 3.01. The number of nitrogens with one attached hydrogen (secondary N) is 1. The van der Waals surface area contributed by atoms with Crippen LogP contribution in [0.2, 0.25) is 0 Å². The fraction of sp³-hybridized carbons (Fsp3) is 0.182. The summed E-state index contributed by atoms with van der Waals surface area (Å²) >= 11 is 0. The number of fused-ring (bicyclic) bond motifs is 1. The molecule has 2 aromatic carbocycles. The summed E-state index contributed by atoms with van der Waals surface area (Å²) in [7, 11) is 0. The largest absolute Gasteiger partial charge is 0.444 e. The number of para-hydroxylation sites is 1. The molecular formula is C22H20N4O3. The molecular weight excluding hydrogens is 368 g/mol. The minimum absolute atomic E-state index is 0.0793. The Hall–Kier alpha value is -3.74. The number of carbonyl (C=O) groups is 1. The van der Waals surface area contributed by atoms with E-state index in [0.717, 1.165) is 11.3 Å². The van der Waals surface area contributed by atoms with Crippen LogP contribution in [0.4, 0.5) is 0 Å². The molecule has 1 N–H and O–H groups in total. The van der Waals surface area contributed by atoms with Gasteiger partial charge in [-0.05, 0) is 31.2 Å². The third-order valence-corrected chi connectivity index (χ3v) is 4.60. The molecule has 0 aliphatic heterocycles. The lowest BCUT2D eigenvalue weighted by atomic mass is 10.1. The van der Waals surface area contributed by atoms with E-state index in [1.807, 2.05) is 37.3 Å². The van der Waals surface area contributed by atoms with Crippen molar-refractivity contribution in [2.75, 3.05) is 6.54 Å². The molecule has 2 aromatic heterocycles. The van der Waals surface area contributed by atoms with E-state index < -0.39 is 0 Å². The number of aryl methyl sites for hydroxylation is 1. The Balaban J connectivity index is 1.33. The first-order chi connectivity index (χ1) is 14.1. The highest BCUT2D eigenvalue weighted by atomic mass is 16.3. The van der Waals surface area contributed by atoms with Crippen molar-refractivity contribution in [2.24, 2.45) is 0 Å². The number of oxazole rings is 1. The second-order valence-corrected chi connectivity index (χ2v) is 6.80. The van der Waals surface area contributed by atoms with Crippen molar-refractivity contribution in [3.63, 3.8) is 0 Å². The Morgan fingerprint density at radius 3 is 2.76 bits per heavy atom. The van der Waals surface area contributed by atoms with Gasteiger partial charge in [0, 0.05) is 18.5 Å². The first-order valence-corrected chi connectivity index (χ1v) is 9.32. The Morgan fingerprint density at radius 1 is 1.14 bits per heavy atom. The van der Waals surface area contributed by atoms with Crippen molar-refractivity contribution in [3.8, 4) is 11.5 Å². The van der Waals surface area contributed by atoms with Gasteiger partial charge in [0.05, 0.1) is 22.9 Å². The van der Waals surface area contributed by atoms with Crippen LogP contribution in [0.25, 0.3) is 22.4 Å². The maximum atomic E-state index is 12.4. The molecule has 0 saturated carbocycles. The van der Waals surface area contributed by atoms with Gasteiger partial charge in [-0.1, -0.05) is 29.8 Å². The summed E-state index contributed by atoms with van der Waals surface area (Å²) in [6.45, 7) is 2.34. The Kier molecular flexibility index (Phi) is 5.20. The summed E-state index contributed by atoms with van der Waals surface area (Å²) in [5, 5.41) is 3.30. The van der Waals surface area contributed by atoms with Gasteiger partial charge >= 0.3 is 0 Å². The smallest absolute Gasteiger partial charge is 0.261 e. The maximum Gasteiger partial charge on any atom is 0.261 e. The molecule has 4 rings (SSSR count). The van der Waals surface area contributed by atoms with E-state index in [1.54, 1.807) is 24.5 Å². The Bertz CT molecular complexity index is 1210. The lowest BCUT2D eigenvalue weighted by Gasteiger charge is -2.07. The molecule has 0 bridgehead atoms. The third kappa shape index (κ3) is 4.24. The van der Waals surface area contributed by atoms with Crippen LogP contribution in [-0.2, 0) is 17.8 Å². The Labute approximate surface area is 167 Å². The predicted molar refractivity (Wildman–Crippen MR) is 109 cm³/mol. The van der Waals surface area contributed by atoms with Crippen molar-refractivity contribution in [1.29, 1.82) is 0 Å². The van der Waals surface area contributed by atoms with Crippen LogP contribution < -0.4 is 10.9 Å². The number of hydrogen-bond acceptors (Lipinski definition) is 5. The average molecular weight is 388 g/mol. The average Bonchev–Trinajstić information content (AvgIpc) is 3.20. The number of rotatable bonds is 6. The van der Waals surface area contributed by atoms with Crippen LogP contribution in [0.5, 0.6) is 0 Å². The van der Waals surface area contributed by atoms with E-state index in [2.05, 4.69) is 15.3 Å². The lowest BCUT2D eigenvalue weighted by molar-refractivity contribution is -0.121. The quantitative estimate of drug-likeness (QED) is 0.549. The van der Waals surface area contributed by atoms with Crippen molar-refractivity contribution >= 4 is 16.8 Å². The van der Waals surface area contributed by atoms with Crippen molar-refractivity contribution in [3.05, 3.63) is 82.7 Å². The van der Waals surface area contributed by atoms with E-state index in [-0.39, 0.29) is 18.0 Å². The highest BCUT2D eigenvalue weighted by molar-refractivity contribution is 5.78. The summed E-state index contributed by atoms with van der Waals surface area (Å²) < 4.78 is 6.83. The maximum absolute atomic E-state index is 12.4. The van der Waals surface area contributed by atoms with E-state index in [0.29, 0.717) is 29.8 Å². The molecule has 0 saturated heterocycles. The molecule has 0 fully saturated rings. The molecule has 1 amide bonds. The fourth-order valence-electron chi connectivity index (χ4n) is 3.01. The van der Waals surface area contributed by atoms with Crippen molar-refractivity contribution in [2.45, 2.75) is 19.9 Å². The first kappa shape index (κ1) is 18.6. The van der Waals surface area contributed by atoms with Crippen LogP contribution in [0.15, 0.2) is 70.3 Å². The van der Waals surface area contributed by atoms with Gasteiger partial charge in [0.2, 0.25) is 11.8 Å². The zero-order chi connectivity index (χ0) is 20.2. The van der Waals surface area contributed by atoms with Crippen molar-refractivity contribution < 1.29 is 9.21 Å².